The van der Waals surface area contributed by atoms with Gasteiger partial charge < -0.3 is 19.0 Å². The van der Waals surface area contributed by atoms with Crippen LogP contribution in [0.5, 0.6) is 11.5 Å². The van der Waals surface area contributed by atoms with E-state index in [0.29, 0.717) is 24.4 Å². The van der Waals surface area contributed by atoms with Gasteiger partial charge in [-0.05, 0) is 54.4 Å². The van der Waals surface area contributed by atoms with E-state index >= 15 is 0 Å². The summed E-state index contributed by atoms with van der Waals surface area (Å²) in [4.78, 5) is 22.0. The number of nitrogens with zero attached hydrogens (tertiary/aromatic N) is 1. The smallest absolute Gasteiger partial charge is 0.336 e. The molecule has 0 radical (unpaired) electrons. The maximum atomic E-state index is 11.5. The Balaban J connectivity index is 1.47. The molecule has 0 amide bonds. The maximum Gasteiger partial charge on any atom is 0.336 e. The van der Waals surface area contributed by atoms with Gasteiger partial charge in [0, 0.05) is 23.9 Å². The fraction of sp³-hybridized carbons (Fsp3) is 0.261. The van der Waals surface area contributed by atoms with E-state index in [4.69, 9.17) is 13.9 Å². The second-order valence-electron chi connectivity index (χ2n) is 7.73. The van der Waals surface area contributed by atoms with Gasteiger partial charge in [-0.1, -0.05) is 18.2 Å². The number of benzene rings is 2. The molecule has 1 atom stereocenters. The molecule has 0 saturated carbocycles. The zero-order chi connectivity index (χ0) is 21.3. The van der Waals surface area contributed by atoms with Gasteiger partial charge in [0.15, 0.2) is 0 Å². The predicted molar refractivity (Wildman–Crippen MR) is 113 cm³/mol. The van der Waals surface area contributed by atoms with E-state index in [1.165, 1.54) is 18.2 Å². The lowest BCUT2D eigenvalue weighted by Crippen LogP contribution is -2.48. The van der Waals surface area contributed by atoms with E-state index in [0.717, 1.165) is 16.5 Å². The van der Waals surface area contributed by atoms with Crippen LogP contribution in [0.3, 0.4) is 0 Å². The summed E-state index contributed by atoms with van der Waals surface area (Å²) in [5.41, 5.74) is 1.27. The van der Waals surface area contributed by atoms with Gasteiger partial charge in [-0.15, -0.1) is 4.91 Å². The number of phenols is 1. The van der Waals surface area contributed by atoms with Gasteiger partial charge in [-0.2, -0.15) is 0 Å². The molecule has 0 saturated heterocycles. The lowest BCUT2D eigenvalue weighted by Gasteiger charge is -2.39. The molecule has 7 nitrogen and oxygen atoms in total. The minimum Gasteiger partial charge on any atom is -0.506 e. The van der Waals surface area contributed by atoms with Crippen LogP contribution in [0.1, 0.15) is 25.0 Å². The molecule has 1 aromatic heterocycles. The summed E-state index contributed by atoms with van der Waals surface area (Å²) in [6, 6.07) is 11.5. The summed E-state index contributed by atoms with van der Waals surface area (Å²) in [6.07, 6.45) is 4.11. The minimum absolute atomic E-state index is 0.00923. The third kappa shape index (κ3) is 3.97. The molecule has 1 N–H and O–H groups in total. The van der Waals surface area contributed by atoms with Crippen LogP contribution in [-0.2, 0) is 11.2 Å². The minimum atomic E-state index is -0.570. The van der Waals surface area contributed by atoms with Gasteiger partial charge in [0.1, 0.15) is 34.5 Å². The number of nitroso groups, excluding NO2 is 1. The first-order valence-corrected chi connectivity index (χ1v) is 9.56. The highest BCUT2D eigenvalue weighted by atomic mass is 16.6. The number of hydrogen-bond donors (Lipinski definition) is 1. The van der Waals surface area contributed by atoms with Gasteiger partial charge in [0.25, 0.3) is 0 Å². The van der Waals surface area contributed by atoms with Gasteiger partial charge in [-0.25, -0.2) is 4.79 Å². The number of ether oxygens (including phenoxy) is 2. The van der Waals surface area contributed by atoms with Crippen LogP contribution in [0.25, 0.3) is 17.0 Å². The van der Waals surface area contributed by atoms with Crippen molar-refractivity contribution in [1.82, 2.24) is 0 Å². The van der Waals surface area contributed by atoms with E-state index < -0.39 is 11.2 Å². The van der Waals surface area contributed by atoms with Crippen LogP contribution < -0.4 is 10.4 Å². The van der Waals surface area contributed by atoms with Crippen LogP contribution in [0.15, 0.2) is 62.9 Å². The average molecular weight is 407 g/mol. The molecule has 154 valence electrons. The molecule has 0 spiro atoms. The topological polar surface area (TPSA) is 98.3 Å². The predicted octanol–water partition coefficient (Wildman–Crippen LogP) is 4.71. The van der Waals surface area contributed by atoms with E-state index in [2.05, 4.69) is 5.18 Å². The fourth-order valence-electron chi connectivity index (χ4n) is 3.53. The number of hydrogen-bond acceptors (Lipinski definition) is 7. The van der Waals surface area contributed by atoms with Gasteiger partial charge >= 0.3 is 5.63 Å². The van der Waals surface area contributed by atoms with E-state index in [1.807, 2.05) is 26.0 Å². The van der Waals surface area contributed by atoms with Crippen molar-refractivity contribution in [2.75, 3.05) is 6.61 Å². The van der Waals surface area contributed by atoms with Gasteiger partial charge in [0.2, 0.25) is 0 Å². The molecular weight excluding hydrogens is 386 g/mol. The fourth-order valence-corrected chi connectivity index (χ4v) is 3.53. The molecule has 0 unspecified atom stereocenters. The normalized spacial score (nSPS) is 17.6. The van der Waals surface area contributed by atoms with Crippen molar-refractivity contribution in [3.8, 4) is 11.5 Å². The summed E-state index contributed by atoms with van der Waals surface area (Å²) >= 11 is 0. The third-order valence-corrected chi connectivity index (χ3v) is 5.16. The maximum absolute atomic E-state index is 11.5. The van der Waals surface area contributed by atoms with Crippen molar-refractivity contribution < 1.29 is 19.0 Å². The highest BCUT2D eigenvalue weighted by molar-refractivity contribution is 5.79. The molecule has 4 rings (SSSR count). The number of rotatable bonds is 5. The highest BCUT2D eigenvalue weighted by Crippen LogP contribution is 2.37. The Bertz CT molecular complexity index is 1190. The molecule has 0 aliphatic carbocycles. The third-order valence-electron chi connectivity index (χ3n) is 5.16. The quantitative estimate of drug-likeness (QED) is 0.486. The molecule has 7 heteroatoms. The molecule has 0 fully saturated rings. The Labute approximate surface area is 172 Å². The summed E-state index contributed by atoms with van der Waals surface area (Å²) in [5, 5.41) is 13.3. The first-order chi connectivity index (χ1) is 14.4. The number of fused-ring (bicyclic) bond motifs is 2. The van der Waals surface area contributed by atoms with Crippen LogP contribution >= 0.6 is 0 Å². The van der Waals surface area contributed by atoms with Crippen molar-refractivity contribution in [1.29, 1.82) is 0 Å². The molecule has 2 aromatic carbocycles. The van der Waals surface area contributed by atoms with Crippen molar-refractivity contribution in [3.05, 3.63) is 75.0 Å². The first-order valence-electron chi connectivity index (χ1n) is 9.56. The van der Waals surface area contributed by atoms with E-state index in [9.17, 15) is 14.8 Å². The molecule has 30 heavy (non-hydrogen) atoms. The zero-order valence-corrected chi connectivity index (χ0v) is 16.6. The van der Waals surface area contributed by atoms with Crippen LogP contribution in [0.2, 0.25) is 0 Å². The van der Waals surface area contributed by atoms with Crippen LogP contribution in [0.4, 0.5) is 5.69 Å². The molecule has 0 bridgehead atoms. The summed E-state index contributed by atoms with van der Waals surface area (Å²) in [5.74, 6) is 0.533. The van der Waals surface area contributed by atoms with Crippen molar-refractivity contribution in [2.24, 2.45) is 5.18 Å². The van der Waals surface area contributed by atoms with Crippen LogP contribution in [0, 0.1) is 4.91 Å². The molecule has 3 aromatic rings. The monoisotopic (exact) mass is 407 g/mol. The summed E-state index contributed by atoms with van der Waals surface area (Å²) in [7, 11) is 0. The molecule has 2 heterocycles. The van der Waals surface area contributed by atoms with Crippen molar-refractivity contribution in [2.45, 2.75) is 32.0 Å². The summed E-state index contributed by atoms with van der Waals surface area (Å²) in [6.45, 7) is 4.27. The van der Waals surface area contributed by atoms with Gasteiger partial charge in [0.05, 0.1) is 6.61 Å². The number of phenolic OH excluding ortho intramolecular Hbond substituents is 1. The Morgan fingerprint density at radius 2 is 2.07 bits per heavy atom. The highest BCUT2D eigenvalue weighted by Gasteiger charge is 2.38. The van der Waals surface area contributed by atoms with Crippen molar-refractivity contribution >= 4 is 22.7 Å². The molecular formula is C23H21NO6. The standard InChI is InChI=1S/C23H21NO6/c1-23(2)21(28-9-3-4-14-5-7-17(24-27)18(25)10-14)12-16-11-15-6-8-22(26)29-19(15)13-20(16)30-23/h3-8,10-11,13,21,25H,9,12H2,1-2H3/b4-3+/t21-/m0/s1. The Morgan fingerprint density at radius 1 is 1.23 bits per heavy atom. The molecule has 1 aliphatic rings. The van der Waals surface area contributed by atoms with E-state index in [-0.39, 0.29) is 17.5 Å². The number of aromatic hydroxyl groups is 1. The Morgan fingerprint density at radius 3 is 2.83 bits per heavy atom. The van der Waals surface area contributed by atoms with Gasteiger partial charge in [-0.3, -0.25) is 0 Å². The molecule has 1 aliphatic heterocycles. The second-order valence-corrected chi connectivity index (χ2v) is 7.73. The average Bonchev–Trinajstić information content (AvgIpc) is 2.70. The van der Waals surface area contributed by atoms with E-state index in [1.54, 1.807) is 24.3 Å². The summed E-state index contributed by atoms with van der Waals surface area (Å²) < 4.78 is 17.5. The SMILES string of the molecule is CC1(C)Oc2cc3oc(=O)ccc3cc2C[C@@H]1OC/C=C/c1ccc(N=O)c(O)c1. The lowest BCUT2D eigenvalue weighted by molar-refractivity contribution is -0.0753. The second kappa shape index (κ2) is 7.76. The Kier molecular flexibility index (Phi) is 5.13. The zero-order valence-electron chi connectivity index (χ0n) is 16.6. The first kappa shape index (κ1) is 19.8. The Hall–Kier alpha value is -3.45. The van der Waals surface area contributed by atoms with Crippen molar-refractivity contribution in [3.63, 3.8) is 0 Å². The van der Waals surface area contributed by atoms with Crippen LogP contribution in [-0.4, -0.2) is 23.4 Å². The lowest BCUT2D eigenvalue weighted by atomic mass is 9.90. The largest absolute Gasteiger partial charge is 0.506 e.